The normalized spacial score (nSPS) is 11.5. The molecule has 344 valence electrons. The van der Waals surface area contributed by atoms with Crippen LogP contribution < -0.4 is 10.6 Å². The minimum Gasteiger partial charge on any atom is -0.444 e. The van der Waals surface area contributed by atoms with E-state index in [0.29, 0.717) is 13.0 Å². The fourth-order valence-corrected chi connectivity index (χ4v) is 7.88. The van der Waals surface area contributed by atoms with Gasteiger partial charge in [-0.25, -0.2) is 4.79 Å². The van der Waals surface area contributed by atoms with Gasteiger partial charge in [0.25, 0.3) is 0 Å². The van der Waals surface area contributed by atoms with Gasteiger partial charge in [-0.05, 0) is 46.5 Å². The van der Waals surface area contributed by atoms with Crippen LogP contribution in [0.2, 0.25) is 0 Å². The van der Waals surface area contributed by atoms with Crippen molar-refractivity contribution in [3.05, 3.63) is 0 Å². The number of ether oxygens (including phenoxy) is 1. The van der Waals surface area contributed by atoms with Gasteiger partial charge in [-0.1, -0.05) is 226 Å². The zero-order valence-electron chi connectivity index (χ0n) is 39.8. The third-order valence-electron chi connectivity index (χ3n) is 11.6. The smallest absolute Gasteiger partial charge is 0.407 e. The number of alkyl carbamates (subject to hydrolysis) is 1. The Labute approximate surface area is 361 Å². The minimum absolute atomic E-state index is 0.0234. The molecular weight excluding hydrogens is 719 g/mol. The second kappa shape index (κ2) is 43.3. The molecule has 0 heterocycles. The average Bonchev–Trinajstić information content (AvgIpc) is 3.19. The van der Waals surface area contributed by atoms with E-state index in [4.69, 9.17) is 4.74 Å². The van der Waals surface area contributed by atoms with Crippen LogP contribution in [0.15, 0.2) is 0 Å². The first-order chi connectivity index (χ1) is 28.2. The van der Waals surface area contributed by atoms with Crippen molar-refractivity contribution in [1.29, 1.82) is 0 Å². The lowest BCUT2D eigenvalue weighted by molar-refractivity contribution is -0.133. The van der Waals surface area contributed by atoms with E-state index in [0.717, 1.165) is 58.0 Å². The molecule has 0 saturated heterocycles. The SMILES string of the molecule is CCCCCCCCCCCCCCCCCCN(CCCCCCCCCCCCCCCCCC)C(=O)CNC(=O)CCCCCCCNC(=O)OC(C)(C)C. The van der Waals surface area contributed by atoms with Gasteiger partial charge in [0, 0.05) is 26.1 Å². The van der Waals surface area contributed by atoms with Crippen LogP contribution in [0.3, 0.4) is 0 Å². The van der Waals surface area contributed by atoms with Crippen molar-refractivity contribution in [3.63, 3.8) is 0 Å². The lowest BCUT2D eigenvalue weighted by Gasteiger charge is -2.23. The summed E-state index contributed by atoms with van der Waals surface area (Å²) in [6, 6.07) is 0. The molecule has 58 heavy (non-hydrogen) atoms. The van der Waals surface area contributed by atoms with E-state index in [2.05, 4.69) is 24.5 Å². The van der Waals surface area contributed by atoms with E-state index >= 15 is 0 Å². The largest absolute Gasteiger partial charge is 0.444 e. The Bertz CT molecular complexity index is 869. The van der Waals surface area contributed by atoms with Crippen LogP contribution in [-0.2, 0) is 14.3 Å². The number of nitrogens with one attached hydrogen (secondary N) is 2. The average molecular weight is 820 g/mol. The number of carbonyl (C=O) groups excluding carboxylic acids is 3. The summed E-state index contributed by atoms with van der Waals surface area (Å²) in [6.07, 6.45) is 48.0. The van der Waals surface area contributed by atoms with Crippen LogP contribution in [0.25, 0.3) is 0 Å². The predicted octanol–water partition coefficient (Wildman–Crippen LogP) is 15.3. The maximum absolute atomic E-state index is 13.3. The molecule has 0 bridgehead atoms. The number of hydrogen-bond acceptors (Lipinski definition) is 4. The summed E-state index contributed by atoms with van der Waals surface area (Å²) in [4.78, 5) is 39.7. The number of nitrogens with zero attached hydrogens (tertiary/aromatic N) is 1. The third-order valence-corrected chi connectivity index (χ3v) is 11.6. The first kappa shape index (κ1) is 56.2. The Morgan fingerprint density at radius 1 is 0.414 bits per heavy atom. The fourth-order valence-electron chi connectivity index (χ4n) is 7.88. The van der Waals surface area contributed by atoms with Gasteiger partial charge in [-0.2, -0.15) is 0 Å². The predicted molar refractivity (Wildman–Crippen MR) is 251 cm³/mol. The molecule has 0 aromatic carbocycles. The third kappa shape index (κ3) is 43.8. The van der Waals surface area contributed by atoms with Crippen LogP contribution in [0.5, 0.6) is 0 Å². The van der Waals surface area contributed by atoms with Crippen molar-refractivity contribution in [1.82, 2.24) is 15.5 Å². The van der Waals surface area contributed by atoms with E-state index in [9.17, 15) is 14.4 Å². The lowest BCUT2D eigenvalue weighted by atomic mass is 10.0. The van der Waals surface area contributed by atoms with E-state index in [1.807, 2.05) is 25.7 Å². The molecule has 0 fully saturated rings. The molecule has 7 nitrogen and oxygen atoms in total. The Kier molecular flexibility index (Phi) is 42.0. The second-order valence-corrected chi connectivity index (χ2v) is 18.7. The molecule has 0 saturated carbocycles. The molecule has 3 amide bonds. The van der Waals surface area contributed by atoms with Gasteiger partial charge < -0.3 is 20.3 Å². The van der Waals surface area contributed by atoms with Crippen molar-refractivity contribution in [3.8, 4) is 0 Å². The van der Waals surface area contributed by atoms with Gasteiger partial charge in [0.2, 0.25) is 11.8 Å². The van der Waals surface area contributed by atoms with Crippen LogP contribution in [-0.4, -0.2) is 54.6 Å². The van der Waals surface area contributed by atoms with Crippen molar-refractivity contribution < 1.29 is 19.1 Å². The van der Waals surface area contributed by atoms with E-state index in [1.54, 1.807) is 0 Å². The van der Waals surface area contributed by atoms with Crippen molar-refractivity contribution in [2.45, 2.75) is 284 Å². The Hall–Kier alpha value is -1.79. The summed E-state index contributed by atoms with van der Waals surface area (Å²) in [7, 11) is 0. The van der Waals surface area contributed by atoms with Crippen LogP contribution in [0.1, 0.15) is 279 Å². The summed E-state index contributed by atoms with van der Waals surface area (Å²) in [5, 5.41) is 5.73. The summed E-state index contributed by atoms with van der Waals surface area (Å²) in [5.41, 5.74) is -0.482. The standard InChI is InChI=1S/C51H101N3O4/c1-6-8-10-12-14-16-18-20-22-24-26-28-30-32-37-41-45-54(46-42-38-33-31-29-27-25-23-21-19-17-15-13-11-9-7-2)49(56)47-53-48(55)43-39-35-34-36-40-44-52-50(57)58-51(3,4)5/h6-47H2,1-5H3,(H,52,57)(H,53,55). The summed E-state index contributed by atoms with van der Waals surface area (Å²) >= 11 is 0. The van der Waals surface area contributed by atoms with E-state index < -0.39 is 5.60 Å². The molecular formula is C51H101N3O4. The molecule has 7 heteroatoms. The highest BCUT2D eigenvalue weighted by Gasteiger charge is 2.16. The molecule has 0 unspecified atom stereocenters. The fraction of sp³-hybridized carbons (Fsp3) is 0.941. The van der Waals surface area contributed by atoms with E-state index in [1.165, 1.54) is 193 Å². The molecule has 0 aliphatic rings. The van der Waals surface area contributed by atoms with Gasteiger partial charge in [-0.3, -0.25) is 9.59 Å². The highest BCUT2D eigenvalue weighted by atomic mass is 16.6. The zero-order chi connectivity index (χ0) is 42.6. The molecule has 0 spiro atoms. The van der Waals surface area contributed by atoms with Gasteiger partial charge in [0.05, 0.1) is 6.54 Å². The van der Waals surface area contributed by atoms with Gasteiger partial charge >= 0.3 is 6.09 Å². The Balaban J connectivity index is 4.26. The molecule has 2 N–H and O–H groups in total. The molecule has 0 atom stereocenters. The number of amides is 3. The monoisotopic (exact) mass is 820 g/mol. The van der Waals surface area contributed by atoms with E-state index in [-0.39, 0.29) is 24.5 Å². The first-order valence-electron chi connectivity index (χ1n) is 25.7. The number of rotatable bonds is 44. The minimum atomic E-state index is -0.482. The van der Waals surface area contributed by atoms with Crippen LogP contribution in [0.4, 0.5) is 4.79 Å². The summed E-state index contributed by atoms with van der Waals surface area (Å²) in [5.74, 6) is 0.0532. The lowest BCUT2D eigenvalue weighted by Crippen LogP contribution is -2.41. The molecule has 0 aromatic rings. The molecule has 0 rings (SSSR count). The molecule has 0 aromatic heterocycles. The van der Waals surface area contributed by atoms with Crippen LogP contribution >= 0.6 is 0 Å². The number of unbranched alkanes of at least 4 members (excludes halogenated alkanes) is 34. The van der Waals surface area contributed by atoms with Crippen molar-refractivity contribution >= 4 is 17.9 Å². The highest BCUT2D eigenvalue weighted by Crippen LogP contribution is 2.16. The van der Waals surface area contributed by atoms with Crippen molar-refractivity contribution in [2.75, 3.05) is 26.2 Å². The van der Waals surface area contributed by atoms with Gasteiger partial charge in [-0.15, -0.1) is 0 Å². The topological polar surface area (TPSA) is 87.7 Å². The molecule has 0 radical (unpaired) electrons. The Morgan fingerprint density at radius 3 is 1.07 bits per heavy atom. The molecule has 0 aliphatic heterocycles. The number of carbonyl (C=O) groups is 3. The maximum Gasteiger partial charge on any atom is 0.407 e. The zero-order valence-corrected chi connectivity index (χ0v) is 39.8. The maximum atomic E-state index is 13.3. The van der Waals surface area contributed by atoms with Gasteiger partial charge in [0.1, 0.15) is 5.60 Å². The first-order valence-corrected chi connectivity index (χ1v) is 25.7. The Morgan fingerprint density at radius 2 is 0.724 bits per heavy atom. The second-order valence-electron chi connectivity index (χ2n) is 18.7. The summed E-state index contributed by atoms with van der Waals surface area (Å²) in [6.45, 7) is 12.5. The molecule has 0 aliphatic carbocycles. The number of hydrogen-bond donors (Lipinski definition) is 2. The quantitative estimate of drug-likeness (QED) is 0.0599. The van der Waals surface area contributed by atoms with Crippen molar-refractivity contribution in [2.24, 2.45) is 0 Å². The van der Waals surface area contributed by atoms with Crippen LogP contribution in [0, 0.1) is 0 Å². The summed E-state index contributed by atoms with van der Waals surface area (Å²) < 4.78 is 5.27. The van der Waals surface area contributed by atoms with Gasteiger partial charge in [0.15, 0.2) is 0 Å². The highest BCUT2D eigenvalue weighted by molar-refractivity contribution is 5.84.